The van der Waals surface area contributed by atoms with Gasteiger partial charge in [0.2, 0.25) is 5.91 Å². The molecule has 1 fully saturated rings. The fourth-order valence-corrected chi connectivity index (χ4v) is 4.40. The van der Waals surface area contributed by atoms with Crippen molar-refractivity contribution in [3.63, 3.8) is 0 Å². The van der Waals surface area contributed by atoms with Crippen molar-refractivity contribution in [2.45, 2.75) is 25.3 Å². The van der Waals surface area contributed by atoms with E-state index in [-0.39, 0.29) is 16.8 Å². The number of benzene rings is 2. The van der Waals surface area contributed by atoms with Gasteiger partial charge in [0.25, 0.3) is 0 Å². The summed E-state index contributed by atoms with van der Waals surface area (Å²) in [5.41, 5.74) is 2.84. The van der Waals surface area contributed by atoms with Crippen LogP contribution in [0.4, 0.5) is 0 Å². The first-order chi connectivity index (χ1) is 13.2. The average molecular weight is 382 g/mol. The van der Waals surface area contributed by atoms with Gasteiger partial charge in [-0.05, 0) is 49.2 Å². The lowest BCUT2D eigenvalue weighted by atomic mass is 10.1. The third kappa shape index (κ3) is 4.46. The highest BCUT2D eigenvalue weighted by Crippen LogP contribution is 2.19. The van der Waals surface area contributed by atoms with Crippen molar-refractivity contribution in [3.05, 3.63) is 69.3 Å². The molecule has 2 N–H and O–H groups in total. The van der Waals surface area contributed by atoms with Crippen molar-refractivity contribution in [2.24, 2.45) is 0 Å². The van der Waals surface area contributed by atoms with Crippen molar-refractivity contribution in [1.82, 2.24) is 15.2 Å². The van der Waals surface area contributed by atoms with E-state index in [1.165, 1.54) is 24.2 Å². The Kier molecular flexibility index (Phi) is 5.36. The molecule has 0 bridgehead atoms. The van der Waals surface area contributed by atoms with Crippen LogP contribution in [0.1, 0.15) is 30.0 Å². The molecule has 0 spiro atoms. The second kappa shape index (κ2) is 8.06. The maximum absolute atomic E-state index is 12.7. The van der Waals surface area contributed by atoms with Gasteiger partial charge in [0.05, 0.1) is 22.7 Å². The molecule has 1 saturated heterocycles. The van der Waals surface area contributed by atoms with Crippen LogP contribution in [0.5, 0.6) is 0 Å². The van der Waals surface area contributed by atoms with E-state index in [0.29, 0.717) is 6.42 Å². The number of hydrogen-bond donors (Lipinski definition) is 2. The molecule has 1 amide bonds. The summed E-state index contributed by atoms with van der Waals surface area (Å²) in [4.78, 5) is 29.3. The molecule has 4 rings (SSSR count). The molecule has 0 aliphatic carbocycles. The Hall–Kier alpha value is -2.44. The number of nitrogens with one attached hydrogen (secondary N) is 2. The number of H-pyrrole nitrogens is 1. The van der Waals surface area contributed by atoms with E-state index in [2.05, 4.69) is 27.3 Å². The molecule has 1 unspecified atom stereocenters. The Bertz CT molecular complexity index is 974. The SMILES string of the molecule is O=C(Cc1ccc2sc(=O)[nH]c2c1)NC(CN1CCCC1)c1ccccc1. The molecule has 3 aromatic rings. The molecule has 2 aromatic carbocycles. The van der Waals surface area contributed by atoms with Crippen LogP contribution >= 0.6 is 11.3 Å². The second-order valence-corrected chi connectivity index (χ2v) is 8.08. The first-order valence-electron chi connectivity index (χ1n) is 9.36. The predicted molar refractivity (Wildman–Crippen MR) is 109 cm³/mol. The quantitative estimate of drug-likeness (QED) is 0.690. The number of aromatic amines is 1. The van der Waals surface area contributed by atoms with Crippen LogP contribution in [0.3, 0.4) is 0 Å². The minimum atomic E-state index is -0.0682. The Morgan fingerprint density at radius 1 is 1.15 bits per heavy atom. The topological polar surface area (TPSA) is 65.2 Å². The molecule has 0 radical (unpaired) electrons. The van der Waals surface area contributed by atoms with Gasteiger partial charge in [-0.1, -0.05) is 47.7 Å². The van der Waals surface area contributed by atoms with Gasteiger partial charge < -0.3 is 15.2 Å². The molecule has 0 saturated carbocycles. The van der Waals surface area contributed by atoms with Crippen LogP contribution in [0.15, 0.2) is 53.3 Å². The Labute approximate surface area is 162 Å². The van der Waals surface area contributed by atoms with Crippen molar-refractivity contribution in [3.8, 4) is 0 Å². The van der Waals surface area contributed by atoms with Gasteiger partial charge in [-0.2, -0.15) is 0 Å². The van der Waals surface area contributed by atoms with Crippen molar-refractivity contribution >= 4 is 27.5 Å². The van der Waals surface area contributed by atoms with Gasteiger partial charge in [0, 0.05) is 6.54 Å². The van der Waals surface area contributed by atoms with E-state index < -0.39 is 0 Å². The van der Waals surface area contributed by atoms with E-state index in [4.69, 9.17) is 0 Å². The van der Waals surface area contributed by atoms with Crippen molar-refractivity contribution in [1.29, 1.82) is 0 Å². The Balaban J connectivity index is 1.47. The fourth-order valence-electron chi connectivity index (χ4n) is 3.68. The van der Waals surface area contributed by atoms with Gasteiger partial charge in [0.15, 0.2) is 0 Å². The zero-order chi connectivity index (χ0) is 18.6. The van der Waals surface area contributed by atoms with Gasteiger partial charge in [-0.25, -0.2) is 0 Å². The highest BCUT2D eigenvalue weighted by atomic mass is 32.1. The third-order valence-electron chi connectivity index (χ3n) is 5.02. The number of thiazole rings is 1. The van der Waals surface area contributed by atoms with Crippen LogP contribution in [-0.4, -0.2) is 35.4 Å². The Morgan fingerprint density at radius 2 is 1.93 bits per heavy atom. The van der Waals surface area contributed by atoms with Gasteiger partial charge in [0.1, 0.15) is 0 Å². The molecule has 1 aliphatic heterocycles. The largest absolute Gasteiger partial charge is 0.348 e. The summed E-state index contributed by atoms with van der Waals surface area (Å²) in [6.07, 6.45) is 2.76. The molecule has 2 heterocycles. The minimum Gasteiger partial charge on any atom is -0.348 e. The number of fused-ring (bicyclic) bond motifs is 1. The molecule has 1 aromatic heterocycles. The highest BCUT2D eigenvalue weighted by Gasteiger charge is 2.20. The lowest BCUT2D eigenvalue weighted by Crippen LogP contribution is -2.37. The lowest BCUT2D eigenvalue weighted by Gasteiger charge is -2.25. The predicted octanol–water partition coefficient (Wildman–Crippen LogP) is 3.09. The smallest absolute Gasteiger partial charge is 0.305 e. The summed E-state index contributed by atoms with van der Waals surface area (Å²) in [7, 11) is 0. The number of nitrogens with zero attached hydrogens (tertiary/aromatic N) is 1. The van der Waals surface area contributed by atoms with Crippen LogP contribution in [0, 0.1) is 0 Å². The van der Waals surface area contributed by atoms with E-state index in [1.807, 2.05) is 36.4 Å². The molecule has 1 aliphatic rings. The van der Waals surface area contributed by atoms with Crippen LogP contribution in [0.2, 0.25) is 0 Å². The minimum absolute atomic E-state index is 0.0000217. The summed E-state index contributed by atoms with van der Waals surface area (Å²) in [5.74, 6) is -0.0000217. The summed E-state index contributed by atoms with van der Waals surface area (Å²) < 4.78 is 0.917. The van der Waals surface area contributed by atoms with Gasteiger partial charge in [-0.3, -0.25) is 9.59 Å². The van der Waals surface area contributed by atoms with Crippen LogP contribution in [-0.2, 0) is 11.2 Å². The van der Waals surface area contributed by atoms with E-state index in [9.17, 15) is 9.59 Å². The molecule has 27 heavy (non-hydrogen) atoms. The normalized spacial score (nSPS) is 15.9. The van der Waals surface area contributed by atoms with Gasteiger partial charge in [-0.15, -0.1) is 0 Å². The number of rotatable bonds is 6. The molecule has 140 valence electrons. The molecule has 1 atom stereocenters. The molecular weight excluding hydrogens is 358 g/mol. The van der Waals surface area contributed by atoms with E-state index in [1.54, 1.807) is 0 Å². The van der Waals surface area contributed by atoms with Crippen molar-refractivity contribution < 1.29 is 4.79 Å². The standard InChI is InChI=1S/C21H23N3O2S/c25-20(13-15-8-9-19-17(12-15)23-21(26)27-19)22-18(14-24-10-4-5-11-24)16-6-2-1-3-7-16/h1-3,6-9,12,18H,4-5,10-11,13-14H2,(H,22,25)(H,23,26). The fraction of sp³-hybridized carbons (Fsp3) is 0.333. The highest BCUT2D eigenvalue weighted by molar-refractivity contribution is 7.16. The number of carbonyl (C=O) groups excluding carboxylic acids is 1. The number of amides is 1. The lowest BCUT2D eigenvalue weighted by molar-refractivity contribution is -0.121. The summed E-state index contributed by atoms with van der Waals surface area (Å²) >= 11 is 1.19. The van der Waals surface area contributed by atoms with E-state index >= 15 is 0 Å². The third-order valence-corrected chi connectivity index (χ3v) is 5.89. The zero-order valence-electron chi connectivity index (χ0n) is 15.1. The molecular formula is C21H23N3O2S. The first kappa shape index (κ1) is 17.9. The monoisotopic (exact) mass is 381 g/mol. The number of aromatic nitrogens is 1. The van der Waals surface area contributed by atoms with Gasteiger partial charge >= 0.3 is 4.87 Å². The average Bonchev–Trinajstić information content (AvgIpc) is 3.30. The summed E-state index contributed by atoms with van der Waals surface area (Å²) in [6.45, 7) is 3.04. The van der Waals surface area contributed by atoms with E-state index in [0.717, 1.165) is 41.0 Å². The summed E-state index contributed by atoms with van der Waals surface area (Å²) in [6, 6.07) is 15.9. The number of carbonyl (C=O) groups is 1. The zero-order valence-corrected chi connectivity index (χ0v) is 15.9. The first-order valence-corrected chi connectivity index (χ1v) is 10.2. The molecule has 6 heteroatoms. The molecule has 5 nitrogen and oxygen atoms in total. The number of hydrogen-bond acceptors (Lipinski definition) is 4. The van der Waals surface area contributed by atoms with Crippen LogP contribution in [0.25, 0.3) is 10.2 Å². The number of likely N-dealkylation sites (tertiary alicyclic amines) is 1. The maximum atomic E-state index is 12.7. The van der Waals surface area contributed by atoms with Crippen LogP contribution < -0.4 is 10.2 Å². The Morgan fingerprint density at radius 3 is 2.70 bits per heavy atom. The maximum Gasteiger partial charge on any atom is 0.305 e. The summed E-state index contributed by atoms with van der Waals surface area (Å²) in [5, 5.41) is 3.21. The van der Waals surface area contributed by atoms with Crippen molar-refractivity contribution in [2.75, 3.05) is 19.6 Å². The second-order valence-electron chi connectivity index (χ2n) is 7.06.